The van der Waals surface area contributed by atoms with Crippen LogP contribution in [0.5, 0.6) is 0 Å². The molecule has 20 heavy (non-hydrogen) atoms. The Hall–Kier alpha value is -2.55. The number of hydrogen-bond acceptors (Lipinski definition) is 3. The SMILES string of the molecule is CC(NC(=O)NCc1ccc(C#N)cc1)C(C)C(=O)O. The van der Waals surface area contributed by atoms with Gasteiger partial charge in [0, 0.05) is 12.6 Å². The lowest BCUT2D eigenvalue weighted by Crippen LogP contribution is -2.45. The lowest BCUT2D eigenvalue weighted by Gasteiger charge is -2.18. The molecule has 2 atom stereocenters. The number of rotatable bonds is 5. The van der Waals surface area contributed by atoms with Crippen LogP contribution < -0.4 is 10.6 Å². The van der Waals surface area contributed by atoms with Crippen LogP contribution in [0.25, 0.3) is 0 Å². The lowest BCUT2D eigenvalue weighted by atomic mass is 10.0. The predicted molar refractivity (Wildman–Crippen MR) is 72.8 cm³/mol. The summed E-state index contributed by atoms with van der Waals surface area (Å²) in [4.78, 5) is 22.4. The van der Waals surface area contributed by atoms with Crippen LogP contribution in [-0.2, 0) is 11.3 Å². The number of benzene rings is 1. The maximum Gasteiger partial charge on any atom is 0.315 e. The predicted octanol–water partition coefficient (Wildman–Crippen LogP) is 1.47. The molecule has 0 saturated carbocycles. The van der Waals surface area contributed by atoms with Crippen molar-refractivity contribution in [3.8, 4) is 6.07 Å². The molecule has 106 valence electrons. The summed E-state index contributed by atoms with van der Waals surface area (Å²) in [5, 5.41) is 22.7. The number of carbonyl (C=O) groups is 2. The van der Waals surface area contributed by atoms with E-state index < -0.39 is 24.0 Å². The Morgan fingerprint density at radius 2 is 1.90 bits per heavy atom. The van der Waals surface area contributed by atoms with Gasteiger partial charge in [-0.2, -0.15) is 5.26 Å². The third kappa shape index (κ3) is 4.61. The van der Waals surface area contributed by atoms with E-state index >= 15 is 0 Å². The zero-order valence-electron chi connectivity index (χ0n) is 11.4. The molecule has 3 N–H and O–H groups in total. The van der Waals surface area contributed by atoms with Crippen molar-refractivity contribution in [1.29, 1.82) is 5.26 Å². The minimum Gasteiger partial charge on any atom is -0.481 e. The van der Waals surface area contributed by atoms with Gasteiger partial charge in [0.2, 0.25) is 0 Å². The molecule has 0 aromatic heterocycles. The van der Waals surface area contributed by atoms with E-state index in [9.17, 15) is 9.59 Å². The highest BCUT2D eigenvalue weighted by atomic mass is 16.4. The minimum absolute atomic E-state index is 0.311. The number of carbonyl (C=O) groups excluding carboxylic acids is 1. The fourth-order valence-corrected chi connectivity index (χ4v) is 1.48. The van der Waals surface area contributed by atoms with Crippen LogP contribution in [0.4, 0.5) is 4.79 Å². The van der Waals surface area contributed by atoms with Gasteiger partial charge in [-0.05, 0) is 31.5 Å². The molecule has 0 fully saturated rings. The molecule has 6 heteroatoms. The molecule has 2 unspecified atom stereocenters. The normalized spacial score (nSPS) is 12.8. The van der Waals surface area contributed by atoms with E-state index in [0.29, 0.717) is 12.1 Å². The van der Waals surface area contributed by atoms with Gasteiger partial charge in [0.05, 0.1) is 17.6 Å². The molecule has 0 bridgehead atoms. The van der Waals surface area contributed by atoms with Crippen molar-refractivity contribution in [1.82, 2.24) is 10.6 Å². The molecule has 2 amide bonds. The number of nitrogens with one attached hydrogen (secondary N) is 2. The van der Waals surface area contributed by atoms with Gasteiger partial charge in [-0.25, -0.2) is 4.79 Å². The van der Waals surface area contributed by atoms with E-state index in [1.165, 1.54) is 6.92 Å². The van der Waals surface area contributed by atoms with Crippen molar-refractivity contribution >= 4 is 12.0 Å². The third-order valence-corrected chi connectivity index (χ3v) is 3.03. The summed E-state index contributed by atoms with van der Waals surface area (Å²) in [5.41, 5.74) is 1.42. The molecule has 0 heterocycles. The summed E-state index contributed by atoms with van der Waals surface area (Å²) in [6, 6.07) is 7.97. The molecular weight excluding hydrogens is 258 g/mol. The summed E-state index contributed by atoms with van der Waals surface area (Å²) in [7, 11) is 0. The quantitative estimate of drug-likeness (QED) is 0.757. The van der Waals surface area contributed by atoms with Crippen LogP contribution in [0.2, 0.25) is 0 Å². The highest BCUT2D eigenvalue weighted by Crippen LogP contribution is 2.04. The minimum atomic E-state index is -0.954. The first-order valence-corrected chi connectivity index (χ1v) is 6.20. The van der Waals surface area contributed by atoms with E-state index in [-0.39, 0.29) is 0 Å². The lowest BCUT2D eigenvalue weighted by molar-refractivity contribution is -0.141. The molecule has 0 aliphatic rings. The van der Waals surface area contributed by atoms with Gasteiger partial charge in [0.25, 0.3) is 0 Å². The van der Waals surface area contributed by atoms with Gasteiger partial charge in [0.15, 0.2) is 0 Å². The second kappa shape index (κ2) is 7.14. The van der Waals surface area contributed by atoms with Crippen molar-refractivity contribution in [3.05, 3.63) is 35.4 Å². The summed E-state index contributed by atoms with van der Waals surface area (Å²) in [6.07, 6.45) is 0. The highest BCUT2D eigenvalue weighted by molar-refractivity contribution is 5.76. The summed E-state index contributed by atoms with van der Waals surface area (Å²) in [6.45, 7) is 3.49. The molecule has 0 saturated heterocycles. The first-order chi connectivity index (χ1) is 9.43. The zero-order chi connectivity index (χ0) is 15.1. The van der Waals surface area contributed by atoms with Gasteiger partial charge in [-0.15, -0.1) is 0 Å². The van der Waals surface area contributed by atoms with Gasteiger partial charge >= 0.3 is 12.0 Å². The Bertz CT molecular complexity index is 519. The van der Waals surface area contributed by atoms with E-state index in [0.717, 1.165) is 5.56 Å². The standard InChI is InChI=1S/C14H17N3O3/c1-9(13(18)19)10(2)17-14(20)16-8-12-5-3-11(7-15)4-6-12/h3-6,9-10H,8H2,1-2H3,(H,18,19)(H2,16,17,20). The monoisotopic (exact) mass is 275 g/mol. The second-order valence-corrected chi connectivity index (χ2v) is 4.55. The number of amides is 2. The Labute approximate surface area is 117 Å². The fraction of sp³-hybridized carbons (Fsp3) is 0.357. The maximum absolute atomic E-state index is 11.6. The van der Waals surface area contributed by atoms with E-state index in [2.05, 4.69) is 10.6 Å². The average Bonchev–Trinajstić information content (AvgIpc) is 2.44. The molecule has 0 aliphatic carbocycles. The van der Waals surface area contributed by atoms with E-state index in [1.807, 2.05) is 6.07 Å². The Morgan fingerprint density at radius 3 is 2.40 bits per heavy atom. The van der Waals surface area contributed by atoms with Crippen molar-refractivity contribution in [3.63, 3.8) is 0 Å². The summed E-state index contributed by atoms with van der Waals surface area (Å²) in [5.74, 6) is -1.61. The molecular formula is C14H17N3O3. The van der Waals surface area contributed by atoms with Gasteiger partial charge in [0.1, 0.15) is 0 Å². The molecule has 0 spiro atoms. The van der Waals surface area contributed by atoms with Gasteiger partial charge in [-0.3, -0.25) is 4.79 Å². The van der Waals surface area contributed by atoms with Crippen LogP contribution in [0, 0.1) is 17.2 Å². The molecule has 1 rings (SSSR count). The van der Waals surface area contributed by atoms with Crippen LogP contribution in [0.1, 0.15) is 25.0 Å². The Kier molecular flexibility index (Phi) is 5.54. The van der Waals surface area contributed by atoms with Crippen LogP contribution in [0.3, 0.4) is 0 Å². The van der Waals surface area contributed by atoms with Crippen molar-refractivity contribution < 1.29 is 14.7 Å². The topological polar surface area (TPSA) is 102 Å². The average molecular weight is 275 g/mol. The number of urea groups is 1. The number of aliphatic carboxylic acids is 1. The first-order valence-electron chi connectivity index (χ1n) is 6.20. The molecule has 1 aromatic rings. The molecule has 0 aliphatic heterocycles. The van der Waals surface area contributed by atoms with E-state index in [1.54, 1.807) is 31.2 Å². The van der Waals surface area contributed by atoms with Crippen molar-refractivity contribution in [2.75, 3.05) is 0 Å². The number of nitrogens with zero attached hydrogens (tertiary/aromatic N) is 1. The van der Waals surface area contributed by atoms with Gasteiger partial charge in [-0.1, -0.05) is 12.1 Å². The number of nitriles is 1. The second-order valence-electron chi connectivity index (χ2n) is 4.55. The Morgan fingerprint density at radius 1 is 1.30 bits per heavy atom. The number of carboxylic acid groups (broad SMARTS) is 1. The third-order valence-electron chi connectivity index (χ3n) is 3.03. The maximum atomic E-state index is 11.6. The van der Waals surface area contributed by atoms with Gasteiger partial charge < -0.3 is 15.7 Å². The van der Waals surface area contributed by atoms with Crippen LogP contribution >= 0.6 is 0 Å². The van der Waals surface area contributed by atoms with Crippen molar-refractivity contribution in [2.24, 2.45) is 5.92 Å². The number of carboxylic acids is 1. The highest BCUT2D eigenvalue weighted by Gasteiger charge is 2.20. The molecule has 6 nitrogen and oxygen atoms in total. The molecule has 0 radical (unpaired) electrons. The Balaban J connectivity index is 2.43. The summed E-state index contributed by atoms with van der Waals surface area (Å²) < 4.78 is 0. The smallest absolute Gasteiger partial charge is 0.315 e. The number of hydrogen-bond donors (Lipinski definition) is 3. The van der Waals surface area contributed by atoms with Crippen LogP contribution in [0.15, 0.2) is 24.3 Å². The van der Waals surface area contributed by atoms with Crippen molar-refractivity contribution in [2.45, 2.75) is 26.4 Å². The summed E-state index contributed by atoms with van der Waals surface area (Å²) >= 11 is 0. The largest absolute Gasteiger partial charge is 0.481 e. The molecule has 1 aromatic carbocycles. The fourth-order valence-electron chi connectivity index (χ4n) is 1.48. The zero-order valence-corrected chi connectivity index (χ0v) is 11.4. The van der Waals surface area contributed by atoms with E-state index in [4.69, 9.17) is 10.4 Å². The first kappa shape index (κ1) is 15.5. The van der Waals surface area contributed by atoms with Crippen LogP contribution in [-0.4, -0.2) is 23.1 Å².